The van der Waals surface area contributed by atoms with Crippen LogP contribution in [0.25, 0.3) is 5.65 Å². The smallest absolute Gasteiger partial charge is 0.251 e. The fraction of sp³-hybridized carbons (Fsp3) is 0.333. The lowest BCUT2D eigenvalue weighted by Crippen LogP contribution is -2.50. The number of halogens is 2. The van der Waals surface area contributed by atoms with Gasteiger partial charge in [0, 0.05) is 30.5 Å². The van der Waals surface area contributed by atoms with Crippen molar-refractivity contribution in [2.75, 3.05) is 13.1 Å². The molecule has 2 unspecified atom stereocenters. The Morgan fingerprint density at radius 1 is 1.28 bits per heavy atom. The molecule has 1 amide bonds. The highest BCUT2D eigenvalue weighted by atomic mass is 35.5. The molecule has 1 aliphatic heterocycles. The molecule has 0 spiro atoms. The van der Waals surface area contributed by atoms with Crippen LogP contribution in [0.2, 0.25) is 0 Å². The Labute approximate surface area is 182 Å². The first-order valence-corrected chi connectivity index (χ1v) is 9.36. The number of piperidine rings is 1. The van der Waals surface area contributed by atoms with Gasteiger partial charge in [0.2, 0.25) is 0 Å². The number of carbonyl (C=O) groups excluding carboxylic acids is 1. The van der Waals surface area contributed by atoms with Gasteiger partial charge in [0.05, 0.1) is 5.69 Å². The third-order valence-corrected chi connectivity index (χ3v) is 5.04. The molecule has 3 aromatic rings. The van der Waals surface area contributed by atoms with Crippen molar-refractivity contribution in [3.63, 3.8) is 0 Å². The van der Waals surface area contributed by atoms with Gasteiger partial charge in [-0.3, -0.25) is 4.79 Å². The number of benzene rings is 1. The van der Waals surface area contributed by atoms with E-state index < -0.39 is 0 Å². The minimum absolute atomic E-state index is 0. The van der Waals surface area contributed by atoms with Crippen molar-refractivity contribution in [1.29, 1.82) is 0 Å². The number of pyridine rings is 1. The van der Waals surface area contributed by atoms with Gasteiger partial charge in [-0.05, 0) is 49.2 Å². The predicted molar refractivity (Wildman–Crippen MR) is 118 cm³/mol. The van der Waals surface area contributed by atoms with Gasteiger partial charge in [-0.25, -0.2) is 4.98 Å². The molecule has 0 bridgehead atoms. The number of imidazole rings is 1. The van der Waals surface area contributed by atoms with Gasteiger partial charge in [-0.2, -0.15) is 0 Å². The van der Waals surface area contributed by atoms with Crippen LogP contribution in [0.5, 0.6) is 5.75 Å². The van der Waals surface area contributed by atoms with E-state index >= 15 is 0 Å². The number of nitrogens with zero attached hydrogens (tertiary/aromatic N) is 2. The molecule has 1 aliphatic rings. The molecule has 0 radical (unpaired) electrons. The first-order valence-electron chi connectivity index (χ1n) is 9.36. The highest BCUT2D eigenvalue weighted by molar-refractivity contribution is 5.94. The Morgan fingerprint density at radius 2 is 2.14 bits per heavy atom. The van der Waals surface area contributed by atoms with E-state index in [2.05, 4.69) is 22.5 Å². The lowest BCUT2D eigenvalue weighted by molar-refractivity contribution is 0.0914. The zero-order chi connectivity index (χ0) is 18.6. The van der Waals surface area contributed by atoms with E-state index in [0.29, 0.717) is 23.8 Å². The van der Waals surface area contributed by atoms with Crippen molar-refractivity contribution in [2.45, 2.75) is 26.0 Å². The van der Waals surface area contributed by atoms with Crippen LogP contribution in [0.3, 0.4) is 0 Å². The van der Waals surface area contributed by atoms with Crippen molar-refractivity contribution >= 4 is 36.4 Å². The molecule has 4 rings (SSSR count). The lowest BCUT2D eigenvalue weighted by Gasteiger charge is -2.30. The maximum atomic E-state index is 12.6. The number of hydrogen-bond donors (Lipinski definition) is 2. The number of fused-ring (bicyclic) bond motifs is 1. The predicted octanol–water partition coefficient (Wildman–Crippen LogP) is 3.48. The number of carbonyl (C=O) groups is 1. The van der Waals surface area contributed by atoms with Crippen molar-refractivity contribution in [2.24, 2.45) is 5.92 Å². The number of ether oxygens (including phenoxy) is 1. The highest BCUT2D eigenvalue weighted by Crippen LogP contribution is 2.17. The van der Waals surface area contributed by atoms with E-state index in [1.165, 1.54) is 0 Å². The Kier molecular flexibility index (Phi) is 8.32. The SMILES string of the molecule is CC1CCNCC1NC(=O)c1cccc(OCc2cn3ccccc3n2)c1.Cl.Cl. The van der Waals surface area contributed by atoms with E-state index in [1.54, 1.807) is 6.07 Å². The van der Waals surface area contributed by atoms with Gasteiger partial charge in [0.25, 0.3) is 5.91 Å². The van der Waals surface area contributed by atoms with E-state index in [0.717, 1.165) is 30.9 Å². The molecular weight excluding hydrogens is 411 g/mol. The summed E-state index contributed by atoms with van der Waals surface area (Å²) in [5.74, 6) is 1.08. The summed E-state index contributed by atoms with van der Waals surface area (Å²) in [6.45, 7) is 4.37. The van der Waals surface area contributed by atoms with Crippen molar-refractivity contribution < 1.29 is 9.53 Å². The Balaban J connectivity index is 0.00000150. The molecule has 29 heavy (non-hydrogen) atoms. The largest absolute Gasteiger partial charge is 0.487 e. The molecule has 6 nitrogen and oxygen atoms in total. The molecular formula is C21H26Cl2N4O2. The molecule has 2 aromatic heterocycles. The average Bonchev–Trinajstić information content (AvgIpc) is 3.11. The molecule has 2 atom stereocenters. The van der Waals surface area contributed by atoms with Crippen LogP contribution in [0, 0.1) is 5.92 Å². The van der Waals surface area contributed by atoms with Crippen LogP contribution in [0.1, 0.15) is 29.4 Å². The summed E-state index contributed by atoms with van der Waals surface area (Å²) in [5.41, 5.74) is 2.35. The molecule has 2 N–H and O–H groups in total. The van der Waals surface area contributed by atoms with Crippen molar-refractivity contribution in [3.05, 3.63) is 66.1 Å². The number of aromatic nitrogens is 2. The summed E-state index contributed by atoms with van der Waals surface area (Å²) in [6.07, 6.45) is 4.98. The number of amides is 1. The van der Waals surface area contributed by atoms with Gasteiger partial charge in [0.1, 0.15) is 18.0 Å². The summed E-state index contributed by atoms with van der Waals surface area (Å²) in [7, 11) is 0. The van der Waals surface area contributed by atoms with Gasteiger partial charge in [0.15, 0.2) is 0 Å². The quantitative estimate of drug-likeness (QED) is 0.642. The zero-order valence-corrected chi connectivity index (χ0v) is 17.8. The summed E-state index contributed by atoms with van der Waals surface area (Å²) in [6, 6.07) is 13.3. The topological polar surface area (TPSA) is 67.7 Å². The molecule has 0 saturated carbocycles. The van der Waals surface area contributed by atoms with Crippen LogP contribution < -0.4 is 15.4 Å². The average molecular weight is 437 g/mol. The molecule has 1 aromatic carbocycles. The van der Waals surface area contributed by atoms with Crippen LogP contribution >= 0.6 is 24.8 Å². The number of nitrogens with one attached hydrogen (secondary N) is 2. The van der Waals surface area contributed by atoms with Crippen LogP contribution in [0.15, 0.2) is 54.9 Å². The Bertz CT molecular complexity index is 914. The van der Waals surface area contributed by atoms with Gasteiger partial charge in [-0.1, -0.05) is 19.1 Å². The Morgan fingerprint density at radius 3 is 2.93 bits per heavy atom. The fourth-order valence-corrected chi connectivity index (χ4v) is 3.38. The van der Waals surface area contributed by atoms with Crippen molar-refractivity contribution in [1.82, 2.24) is 20.0 Å². The van der Waals surface area contributed by atoms with E-state index in [9.17, 15) is 4.79 Å². The molecule has 3 heterocycles. The zero-order valence-electron chi connectivity index (χ0n) is 16.2. The maximum absolute atomic E-state index is 12.6. The third kappa shape index (κ3) is 5.63. The van der Waals surface area contributed by atoms with E-state index in [1.807, 2.05) is 53.2 Å². The van der Waals surface area contributed by atoms with Gasteiger partial charge >= 0.3 is 0 Å². The molecule has 1 saturated heterocycles. The Hall–Kier alpha value is -2.28. The molecule has 0 aliphatic carbocycles. The summed E-state index contributed by atoms with van der Waals surface area (Å²) in [4.78, 5) is 17.1. The minimum atomic E-state index is -0.0614. The summed E-state index contributed by atoms with van der Waals surface area (Å²) >= 11 is 0. The third-order valence-electron chi connectivity index (χ3n) is 5.04. The first-order chi connectivity index (χ1) is 13.2. The van der Waals surface area contributed by atoms with Crippen LogP contribution in [-0.2, 0) is 6.61 Å². The van der Waals surface area contributed by atoms with Crippen LogP contribution in [0.4, 0.5) is 0 Å². The second-order valence-corrected chi connectivity index (χ2v) is 7.06. The molecule has 8 heteroatoms. The van der Waals surface area contributed by atoms with Gasteiger partial charge in [-0.15, -0.1) is 24.8 Å². The number of rotatable bonds is 5. The molecule has 1 fully saturated rings. The standard InChI is InChI=1S/C21H24N4O2.2ClH/c1-15-8-9-22-12-19(15)24-21(26)16-5-4-6-18(11-16)27-14-17-13-25-10-3-2-7-20(25)23-17;;/h2-7,10-11,13,15,19,22H,8-9,12,14H2,1H3,(H,24,26);2*1H. The normalized spacial score (nSPS) is 18.4. The van der Waals surface area contributed by atoms with Gasteiger partial charge < -0.3 is 19.8 Å². The lowest BCUT2D eigenvalue weighted by atomic mass is 9.94. The second kappa shape index (κ2) is 10.5. The maximum Gasteiger partial charge on any atom is 0.251 e. The van der Waals surface area contributed by atoms with Crippen molar-refractivity contribution in [3.8, 4) is 5.75 Å². The minimum Gasteiger partial charge on any atom is -0.487 e. The van der Waals surface area contributed by atoms with E-state index in [4.69, 9.17) is 4.74 Å². The second-order valence-electron chi connectivity index (χ2n) is 7.06. The van der Waals surface area contributed by atoms with E-state index in [-0.39, 0.29) is 36.8 Å². The first kappa shape index (κ1) is 23.0. The van der Waals surface area contributed by atoms with Crippen LogP contribution in [-0.4, -0.2) is 34.4 Å². The summed E-state index contributed by atoms with van der Waals surface area (Å²) in [5, 5.41) is 6.47. The monoisotopic (exact) mass is 436 g/mol. The summed E-state index contributed by atoms with van der Waals surface area (Å²) < 4.78 is 7.82. The highest BCUT2D eigenvalue weighted by Gasteiger charge is 2.23. The molecule has 156 valence electrons. The fourth-order valence-electron chi connectivity index (χ4n) is 3.38. The number of hydrogen-bond acceptors (Lipinski definition) is 4.